The summed E-state index contributed by atoms with van der Waals surface area (Å²) < 4.78 is 10.9. The molecule has 9 heteroatoms. The molecule has 3 aromatic rings. The van der Waals surface area contributed by atoms with E-state index in [2.05, 4.69) is 36.1 Å². The number of pyridine rings is 1. The predicted octanol–water partition coefficient (Wildman–Crippen LogP) is 2.68. The molecule has 0 bridgehead atoms. The Morgan fingerprint density at radius 1 is 1.06 bits per heavy atom. The van der Waals surface area contributed by atoms with Crippen LogP contribution in [0.4, 0.5) is 17.5 Å². The van der Waals surface area contributed by atoms with Crippen molar-refractivity contribution in [2.75, 3.05) is 56.7 Å². The zero-order chi connectivity index (χ0) is 22.6. The second kappa shape index (κ2) is 9.40. The highest BCUT2D eigenvalue weighted by atomic mass is 16.5. The summed E-state index contributed by atoms with van der Waals surface area (Å²) in [6, 6.07) is 15.8. The van der Waals surface area contributed by atoms with Crippen LogP contribution in [0.5, 0.6) is 5.88 Å². The van der Waals surface area contributed by atoms with Gasteiger partial charge in [-0.3, -0.25) is 4.90 Å². The number of aromatic nitrogens is 3. The highest BCUT2D eigenvalue weighted by Crippen LogP contribution is 2.30. The van der Waals surface area contributed by atoms with E-state index in [9.17, 15) is 5.26 Å². The van der Waals surface area contributed by atoms with Gasteiger partial charge in [-0.25, -0.2) is 9.97 Å². The number of benzene rings is 1. The lowest BCUT2D eigenvalue weighted by Crippen LogP contribution is -2.56. The van der Waals surface area contributed by atoms with Crippen LogP contribution in [0, 0.1) is 11.3 Å². The molecule has 0 saturated carbocycles. The van der Waals surface area contributed by atoms with Crippen molar-refractivity contribution < 1.29 is 9.47 Å². The normalized spacial score (nSPS) is 16.7. The third-order valence-electron chi connectivity index (χ3n) is 6.04. The number of hydrogen-bond acceptors (Lipinski definition) is 9. The van der Waals surface area contributed by atoms with Gasteiger partial charge in [0.25, 0.3) is 0 Å². The van der Waals surface area contributed by atoms with Gasteiger partial charge in [0.05, 0.1) is 43.7 Å². The number of piperazine rings is 1. The molecule has 168 valence electrons. The molecular formula is C24H25N7O2. The topological polar surface area (TPSA) is 99.4 Å². The number of anilines is 3. The molecule has 0 unspecified atom stereocenters. The zero-order valence-electron chi connectivity index (χ0n) is 18.4. The van der Waals surface area contributed by atoms with Crippen molar-refractivity contribution in [3.8, 4) is 23.2 Å². The van der Waals surface area contributed by atoms with Gasteiger partial charge in [0.15, 0.2) is 0 Å². The summed E-state index contributed by atoms with van der Waals surface area (Å²) >= 11 is 0. The molecule has 0 spiro atoms. The van der Waals surface area contributed by atoms with E-state index in [1.807, 2.05) is 30.3 Å². The summed E-state index contributed by atoms with van der Waals surface area (Å²) in [5, 5.41) is 12.5. The Morgan fingerprint density at radius 3 is 2.61 bits per heavy atom. The number of hydrogen-bond donors (Lipinski definition) is 1. The Hall–Kier alpha value is -3.74. The van der Waals surface area contributed by atoms with Crippen molar-refractivity contribution in [2.24, 2.45) is 0 Å². The minimum Gasteiger partial charge on any atom is -0.479 e. The maximum Gasteiger partial charge on any atom is 0.239 e. The van der Waals surface area contributed by atoms with Crippen LogP contribution in [0.25, 0.3) is 11.3 Å². The van der Waals surface area contributed by atoms with Crippen molar-refractivity contribution in [1.82, 2.24) is 19.9 Å². The van der Waals surface area contributed by atoms with Gasteiger partial charge in [0.1, 0.15) is 11.5 Å². The molecule has 1 N–H and O–H groups in total. The Morgan fingerprint density at radius 2 is 1.88 bits per heavy atom. The van der Waals surface area contributed by atoms with Crippen LogP contribution in [-0.4, -0.2) is 72.4 Å². The second-order valence-corrected chi connectivity index (χ2v) is 7.99. The maximum atomic E-state index is 9.39. The lowest BCUT2D eigenvalue weighted by molar-refractivity contribution is -0.0660. The van der Waals surface area contributed by atoms with E-state index in [0.29, 0.717) is 34.9 Å². The first-order valence-electron chi connectivity index (χ1n) is 11.0. The molecule has 2 aliphatic heterocycles. The molecule has 5 rings (SSSR count). The molecular weight excluding hydrogens is 418 g/mol. The highest BCUT2D eigenvalue weighted by Gasteiger charge is 2.29. The Labute approximate surface area is 192 Å². The summed E-state index contributed by atoms with van der Waals surface area (Å²) in [6.07, 6.45) is 1.66. The van der Waals surface area contributed by atoms with Gasteiger partial charge in [-0.2, -0.15) is 10.2 Å². The summed E-state index contributed by atoms with van der Waals surface area (Å²) in [7, 11) is 1.63. The lowest BCUT2D eigenvalue weighted by Gasteiger charge is -2.43. The van der Waals surface area contributed by atoms with Gasteiger partial charge >= 0.3 is 0 Å². The summed E-state index contributed by atoms with van der Waals surface area (Å²) in [5.41, 5.74) is 2.98. The third kappa shape index (κ3) is 4.44. The van der Waals surface area contributed by atoms with E-state index in [4.69, 9.17) is 9.47 Å². The molecule has 2 aromatic heterocycles. The Balaban J connectivity index is 1.31. The van der Waals surface area contributed by atoms with Crippen LogP contribution in [-0.2, 0) is 4.74 Å². The van der Waals surface area contributed by atoms with Gasteiger partial charge < -0.3 is 19.7 Å². The fourth-order valence-corrected chi connectivity index (χ4v) is 4.14. The van der Waals surface area contributed by atoms with Crippen molar-refractivity contribution in [3.05, 3.63) is 54.2 Å². The molecule has 4 heterocycles. The first kappa shape index (κ1) is 21.1. The summed E-state index contributed by atoms with van der Waals surface area (Å²) in [5.74, 6) is 1.55. The number of ether oxygens (including phenoxy) is 2. The van der Waals surface area contributed by atoms with Crippen LogP contribution in [0.15, 0.2) is 48.7 Å². The molecule has 2 saturated heterocycles. The molecule has 0 amide bonds. The standard InChI is InChI=1S/C24H25N7O2/c1-32-23-21(31-12-10-30(11-13-31)18-15-33-16-18)6-7-22(28-23)29-24-26-9-8-20(27-24)19-5-3-2-4-17(19)14-25/h2-9,18H,10-13,15-16H2,1H3,(H,26,27,28,29). The van der Waals surface area contributed by atoms with E-state index in [0.717, 1.165) is 50.6 Å². The minimum absolute atomic E-state index is 0.402. The van der Waals surface area contributed by atoms with E-state index in [1.165, 1.54) is 0 Å². The number of methoxy groups -OCH3 is 1. The smallest absolute Gasteiger partial charge is 0.239 e. The molecule has 0 atom stereocenters. The zero-order valence-corrected chi connectivity index (χ0v) is 18.4. The van der Waals surface area contributed by atoms with Crippen molar-refractivity contribution in [2.45, 2.75) is 6.04 Å². The molecule has 9 nitrogen and oxygen atoms in total. The van der Waals surface area contributed by atoms with E-state index in [-0.39, 0.29) is 0 Å². The Bertz CT molecular complexity index is 1170. The van der Waals surface area contributed by atoms with Gasteiger partial charge in [-0.15, -0.1) is 0 Å². The lowest BCUT2D eigenvalue weighted by atomic mass is 10.1. The first-order chi connectivity index (χ1) is 16.2. The summed E-state index contributed by atoms with van der Waals surface area (Å²) in [4.78, 5) is 18.3. The fourth-order valence-electron chi connectivity index (χ4n) is 4.14. The Kier molecular flexibility index (Phi) is 6.02. The molecule has 33 heavy (non-hydrogen) atoms. The molecule has 0 aliphatic carbocycles. The van der Waals surface area contributed by atoms with Crippen LogP contribution in [0.1, 0.15) is 5.56 Å². The largest absolute Gasteiger partial charge is 0.479 e. The van der Waals surface area contributed by atoms with Crippen LogP contribution < -0.4 is 15.0 Å². The van der Waals surface area contributed by atoms with Crippen molar-refractivity contribution >= 4 is 17.5 Å². The number of rotatable bonds is 6. The SMILES string of the molecule is COc1nc(Nc2nccc(-c3ccccc3C#N)n2)ccc1N1CCN(C2COC2)CC1. The van der Waals surface area contributed by atoms with Crippen molar-refractivity contribution in [1.29, 1.82) is 5.26 Å². The minimum atomic E-state index is 0.402. The van der Waals surface area contributed by atoms with E-state index in [1.54, 1.807) is 25.4 Å². The van der Waals surface area contributed by atoms with Gasteiger partial charge in [-0.1, -0.05) is 18.2 Å². The number of nitrogens with one attached hydrogen (secondary N) is 1. The molecule has 2 fully saturated rings. The first-order valence-corrected chi connectivity index (χ1v) is 11.0. The molecule has 2 aliphatic rings. The van der Waals surface area contributed by atoms with Crippen LogP contribution in [0.3, 0.4) is 0 Å². The summed E-state index contributed by atoms with van der Waals surface area (Å²) in [6.45, 7) is 5.53. The average molecular weight is 444 g/mol. The fraction of sp³-hybridized carbons (Fsp3) is 0.333. The van der Waals surface area contributed by atoms with Crippen LogP contribution >= 0.6 is 0 Å². The van der Waals surface area contributed by atoms with Gasteiger partial charge in [0, 0.05) is 37.9 Å². The predicted molar refractivity (Wildman–Crippen MR) is 125 cm³/mol. The molecule has 1 aromatic carbocycles. The van der Waals surface area contributed by atoms with E-state index >= 15 is 0 Å². The average Bonchev–Trinajstić information content (AvgIpc) is 2.83. The number of nitrogens with zero attached hydrogens (tertiary/aromatic N) is 6. The molecule has 0 radical (unpaired) electrons. The van der Waals surface area contributed by atoms with Gasteiger partial charge in [-0.05, 0) is 24.3 Å². The quantitative estimate of drug-likeness (QED) is 0.616. The second-order valence-electron chi connectivity index (χ2n) is 7.99. The number of nitriles is 1. The highest BCUT2D eigenvalue weighted by molar-refractivity contribution is 5.68. The van der Waals surface area contributed by atoms with Crippen LogP contribution in [0.2, 0.25) is 0 Å². The van der Waals surface area contributed by atoms with Gasteiger partial charge in [0.2, 0.25) is 11.8 Å². The van der Waals surface area contributed by atoms with E-state index < -0.39 is 0 Å². The van der Waals surface area contributed by atoms with Crippen molar-refractivity contribution in [3.63, 3.8) is 0 Å². The maximum absolute atomic E-state index is 9.39. The monoisotopic (exact) mass is 443 g/mol. The third-order valence-corrected chi connectivity index (χ3v) is 6.04.